The SMILES string of the molecule is COCC(C)(N)c1cccc(C)c1. The molecule has 1 aromatic rings. The molecule has 13 heavy (non-hydrogen) atoms. The van der Waals surface area contributed by atoms with E-state index in [4.69, 9.17) is 10.5 Å². The standard InChI is InChI=1S/C11H17NO/c1-9-5-4-6-10(7-9)11(2,12)8-13-3/h4-7H,8,12H2,1-3H3. The molecule has 2 N–H and O–H groups in total. The Labute approximate surface area is 79.7 Å². The van der Waals surface area contributed by atoms with Crippen LogP contribution in [0.15, 0.2) is 24.3 Å². The van der Waals surface area contributed by atoms with Crippen molar-refractivity contribution in [1.82, 2.24) is 0 Å². The molecular weight excluding hydrogens is 162 g/mol. The van der Waals surface area contributed by atoms with E-state index in [0.717, 1.165) is 5.56 Å². The first kappa shape index (κ1) is 10.2. The Kier molecular flexibility index (Phi) is 3.07. The molecule has 72 valence electrons. The number of ether oxygens (including phenoxy) is 1. The maximum Gasteiger partial charge on any atom is 0.0681 e. The average Bonchev–Trinajstić information content (AvgIpc) is 2.04. The molecule has 0 bridgehead atoms. The largest absolute Gasteiger partial charge is 0.382 e. The van der Waals surface area contributed by atoms with Crippen LogP contribution in [0.5, 0.6) is 0 Å². The van der Waals surface area contributed by atoms with Crippen LogP contribution in [-0.4, -0.2) is 13.7 Å². The van der Waals surface area contributed by atoms with Crippen LogP contribution in [0, 0.1) is 6.92 Å². The van der Waals surface area contributed by atoms with Gasteiger partial charge in [0.1, 0.15) is 0 Å². The lowest BCUT2D eigenvalue weighted by Gasteiger charge is -2.24. The highest BCUT2D eigenvalue weighted by atomic mass is 16.5. The van der Waals surface area contributed by atoms with E-state index >= 15 is 0 Å². The molecule has 1 unspecified atom stereocenters. The normalized spacial score (nSPS) is 15.4. The molecule has 0 spiro atoms. The van der Waals surface area contributed by atoms with E-state index < -0.39 is 0 Å². The summed E-state index contributed by atoms with van der Waals surface area (Å²) in [4.78, 5) is 0. The molecule has 0 saturated heterocycles. The maximum atomic E-state index is 6.09. The number of nitrogens with two attached hydrogens (primary N) is 1. The topological polar surface area (TPSA) is 35.2 Å². The second kappa shape index (κ2) is 3.90. The summed E-state index contributed by atoms with van der Waals surface area (Å²) in [6, 6.07) is 8.21. The van der Waals surface area contributed by atoms with Gasteiger partial charge in [-0.15, -0.1) is 0 Å². The molecule has 0 amide bonds. The first-order valence-electron chi connectivity index (χ1n) is 4.41. The third-order valence-electron chi connectivity index (χ3n) is 2.12. The fraction of sp³-hybridized carbons (Fsp3) is 0.455. The van der Waals surface area contributed by atoms with Gasteiger partial charge >= 0.3 is 0 Å². The number of rotatable bonds is 3. The van der Waals surface area contributed by atoms with Crippen molar-refractivity contribution in [3.8, 4) is 0 Å². The minimum atomic E-state index is -0.388. The molecule has 1 rings (SSSR count). The second-order valence-electron chi connectivity index (χ2n) is 3.72. The lowest BCUT2D eigenvalue weighted by molar-refractivity contribution is 0.141. The van der Waals surface area contributed by atoms with Gasteiger partial charge in [-0.1, -0.05) is 29.8 Å². The van der Waals surface area contributed by atoms with Crippen LogP contribution in [-0.2, 0) is 10.3 Å². The van der Waals surface area contributed by atoms with Crippen LogP contribution in [0.2, 0.25) is 0 Å². The fourth-order valence-electron chi connectivity index (χ4n) is 1.38. The quantitative estimate of drug-likeness (QED) is 0.768. The van der Waals surface area contributed by atoms with E-state index in [1.807, 2.05) is 19.1 Å². The summed E-state index contributed by atoms with van der Waals surface area (Å²) in [5, 5.41) is 0. The Morgan fingerprint density at radius 1 is 1.46 bits per heavy atom. The van der Waals surface area contributed by atoms with E-state index in [9.17, 15) is 0 Å². The summed E-state index contributed by atoms with van der Waals surface area (Å²) in [6.45, 7) is 4.58. The highest BCUT2D eigenvalue weighted by Crippen LogP contribution is 2.18. The van der Waals surface area contributed by atoms with Gasteiger partial charge in [-0.3, -0.25) is 0 Å². The van der Waals surface area contributed by atoms with Gasteiger partial charge in [-0.05, 0) is 19.4 Å². The van der Waals surface area contributed by atoms with Crippen LogP contribution in [0.25, 0.3) is 0 Å². The van der Waals surface area contributed by atoms with Gasteiger partial charge in [-0.25, -0.2) is 0 Å². The number of benzene rings is 1. The molecule has 0 heterocycles. The van der Waals surface area contributed by atoms with Crippen LogP contribution >= 0.6 is 0 Å². The summed E-state index contributed by atoms with van der Waals surface area (Å²) < 4.78 is 5.08. The van der Waals surface area contributed by atoms with Crippen LogP contribution in [0.1, 0.15) is 18.1 Å². The van der Waals surface area contributed by atoms with E-state index in [2.05, 4.69) is 19.1 Å². The van der Waals surface area contributed by atoms with Crippen LogP contribution in [0.4, 0.5) is 0 Å². The molecule has 0 saturated carbocycles. The molecular formula is C11H17NO. The van der Waals surface area contributed by atoms with E-state index in [0.29, 0.717) is 6.61 Å². The summed E-state index contributed by atoms with van der Waals surface area (Å²) in [5.74, 6) is 0. The molecule has 1 aromatic carbocycles. The van der Waals surface area contributed by atoms with E-state index in [1.54, 1.807) is 7.11 Å². The molecule has 0 aliphatic rings. The predicted molar refractivity (Wildman–Crippen MR) is 54.6 cm³/mol. The molecule has 0 radical (unpaired) electrons. The molecule has 0 aliphatic carbocycles. The summed E-state index contributed by atoms with van der Waals surface area (Å²) in [6.07, 6.45) is 0. The first-order chi connectivity index (χ1) is 6.06. The summed E-state index contributed by atoms with van der Waals surface area (Å²) in [7, 11) is 1.67. The zero-order chi connectivity index (χ0) is 9.90. The zero-order valence-corrected chi connectivity index (χ0v) is 8.50. The molecule has 0 fully saturated rings. The Morgan fingerprint density at radius 2 is 2.15 bits per heavy atom. The van der Waals surface area contributed by atoms with Crippen molar-refractivity contribution in [3.63, 3.8) is 0 Å². The van der Waals surface area contributed by atoms with Gasteiger partial charge in [0.2, 0.25) is 0 Å². The van der Waals surface area contributed by atoms with Crippen molar-refractivity contribution < 1.29 is 4.74 Å². The monoisotopic (exact) mass is 179 g/mol. The van der Waals surface area contributed by atoms with Gasteiger partial charge in [0.25, 0.3) is 0 Å². The Bertz CT molecular complexity index is 281. The van der Waals surface area contributed by atoms with Gasteiger partial charge in [0.15, 0.2) is 0 Å². The third kappa shape index (κ3) is 2.54. The predicted octanol–water partition coefficient (Wildman–Crippen LogP) is 1.82. The molecule has 0 aromatic heterocycles. The first-order valence-corrected chi connectivity index (χ1v) is 4.41. The molecule has 1 atom stereocenters. The highest BCUT2D eigenvalue weighted by molar-refractivity contribution is 5.28. The van der Waals surface area contributed by atoms with Gasteiger partial charge < -0.3 is 10.5 Å². The molecule has 0 aliphatic heterocycles. The van der Waals surface area contributed by atoms with E-state index in [-0.39, 0.29) is 5.54 Å². The van der Waals surface area contributed by atoms with Crippen molar-refractivity contribution in [3.05, 3.63) is 35.4 Å². The smallest absolute Gasteiger partial charge is 0.0681 e. The number of aryl methyl sites for hydroxylation is 1. The van der Waals surface area contributed by atoms with Crippen LogP contribution in [0.3, 0.4) is 0 Å². The third-order valence-corrected chi connectivity index (χ3v) is 2.12. The van der Waals surface area contributed by atoms with E-state index in [1.165, 1.54) is 5.56 Å². The van der Waals surface area contributed by atoms with Crippen LogP contribution < -0.4 is 5.73 Å². The lowest BCUT2D eigenvalue weighted by atomic mass is 9.93. The van der Waals surface area contributed by atoms with Crippen molar-refractivity contribution >= 4 is 0 Å². The number of hydrogen-bond donors (Lipinski definition) is 1. The minimum absolute atomic E-state index is 0.388. The Hall–Kier alpha value is -0.860. The molecule has 2 heteroatoms. The second-order valence-corrected chi connectivity index (χ2v) is 3.72. The van der Waals surface area contributed by atoms with Crippen molar-refractivity contribution in [1.29, 1.82) is 0 Å². The summed E-state index contributed by atoms with van der Waals surface area (Å²) in [5.41, 5.74) is 8.05. The van der Waals surface area contributed by atoms with Gasteiger partial charge in [-0.2, -0.15) is 0 Å². The van der Waals surface area contributed by atoms with Crippen molar-refractivity contribution in [2.45, 2.75) is 19.4 Å². The maximum absolute atomic E-state index is 6.09. The van der Waals surface area contributed by atoms with Gasteiger partial charge in [0.05, 0.1) is 12.1 Å². The fourth-order valence-corrected chi connectivity index (χ4v) is 1.38. The number of methoxy groups -OCH3 is 1. The highest BCUT2D eigenvalue weighted by Gasteiger charge is 2.20. The Morgan fingerprint density at radius 3 is 2.69 bits per heavy atom. The molecule has 2 nitrogen and oxygen atoms in total. The zero-order valence-electron chi connectivity index (χ0n) is 8.50. The van der Waals surface area contributed by atoms with Gasteiger partial charge in [0, 0.05) is 7.11 Å². The average molecular weight is 179 g/mol. The Balaban J connectivity index is 2.93. The lowest BCUT2D eigenvalue weighted by Crippen LogP contribution is -2.37. The van der Waals surface area contributed by atoms with Crippen molar-refractivity contribution in [2.75, 3.05) is 13.7 Å². The minimum Gasteiger partial charge on any atom is -0.382 e. The van der Waals surface area contributed by atoms with Crippen molar-refractivity contribution in [2.24, 2.45) is 5.73 Å². The summed E-state index contributed by atoms with van der Waals surface area (Å²) >= 11 is 0. The number of hydrogen-bond acceptors (Lipinski definition) is 2.